The predicted molar refractivity (Wildman–Crippen MR) is 104 cm³/mol. The van der Waals surface area contributed by atoms with Crippen LogP contribution in [0.5, 0.6) is 5.88 Å². The number of methoxy groups -OCH3 is 1. The van der Waals surface area contributed by atoms with Gasteiger partial charge in [0.15, 0.2) is 5.69 Å². The van der Waals surface area contributed by atoms with E-state index in [1.54, 1.807) is 0 Å². The topological polar surface area (TPSA) is 101 Å². The summed E-state index contributed by atoms with van der Waals surface area (Å²) in [6.07, 6.45) is 2.78. The molecule has 0 saturated carbocycles. The Balaban J connectivity index is 1.88. The summed E-state index contributed by atoms with van der Waals surface area (Å²) < 4.78 is 19.5. The minimum Gasteiger partial charge on any atom is -0.481 e. The Morgan fingerprint density at radius 2 is 1.97 bits per heavy atom. The molecule has 0 aliphatic heterocycles. The highest BCUT2D eigenvalue weighted by Crippen LogP contribution is 2.23. The highest BCUT2D eigenvalue weighted by atomic mass is 19.1. The third-order valence-corrected chi connectivity index (χ3v) is 4.29. The largest absolute Gasteiger partial charge is 0.481 e. The maximum atomic E-state index is 14.2. The number of hydrogen-bond acceptors (Lipinski definition) is 6. The maximum Gasteiger partial charge on any atom is 0.251 e. The second-order valence-electron chi connectivity index (χ2n) is 6.34. The number of nitrogens with one attached hydrogen (secondary N) is 1. The zero-order valence-corrected chi connectivity index (χ0v) is 16.2. The van der Waals surface area contributed by atoms with Gasteiger partial charge >= 0.3 is 0 Å². The molecule has 0 aliphatic carbocycles. The van der Waals surface area contributed by atoms with Crippen molar-refractivity contribution in [3.05, 3.63) is 70.6 Å². The summed E-state index contributed by atoms with van der Waals surface area (Å²) >= 11 is 0. The first-order chi connectivity index (χ1) is 13.9. The SMILES string of the molecule is COc1nc(C)cc(C)c1CNC(=O)c1cc(F)cc(-c2nccnc2C#N)c1. The first-order valence-electron chi connectivity index (χ1n) is 8.74. The van der Waals surface area contributed by atoms with E-state index in [4.69, 9.17) is 4.74 Å². The first kappa shape index (κ1) is 19.9. The molecule has 146 valence electrons. The van der Waals surface area contributed by atoms with Crippen LogP contribution in [-0.2, 0) is 6.54 Å². The third-order valence-electron chi connectivity index (χ3n) is 4.29. The number of pyridine rings is 1. The maximum absolute atomic E-state index is 14.2. The van der Waals surface area contributed by atoms with E-state index in [1.165, 1.54) is 31.6 Å². The first-order valence-corrected chi connectivity index (χ1v) is 8.74. The number of nitrogens with zero attached hydrogens (tertiary/aromatic N) is 4. The van der Waals surface area contributed by atoms with Gasteiger partial charge in [-0.15, -0.1) is 0 Å². The minimum absolute atomic E-state index is 0.0514. The lowest BCUT2D eigenvalue weighted by molar-refractivity contribution is 0.0950. The van der Waals surface area contributed by atoms with Crippen LogP contribution in [-0.4, -0.2) is 28.0 Å². The van der Waals surface area contributed by atoms with Gasteiger partial charge in [-0.2, -0.15) is 5.26 Å². The number of carbonyl (C=O) groups is 1. The molecule has 1 aromatic carbocycles. The van der Waals surface area contributed by atoms with E-state index in [-0.39, 0.29) is 23.5 Å². The van der Waals surface area contributed by atoms with Gasteiger partial charge in [-0.05, 0) is 43.7 Å². The molecule has 0 radical (unpaired) electrons. The third kappa shape index (κ3) is 4.35. The fourth-order valence-electron chi connectivity index (χ4n) is 2.97. The Labute approximate surface area is 167 Å². The van der Waals surface area contributed by atoms with Gasteiger partial charge in [-0.25, -0.2) is 14.4 Å². The lowest BCUT2D eigenvalue weighted by atomic mass is 10.0. The predicted octanol–water partition coefficient (Wildman–Crippen LogP) is 3.10. The summed E-state index contributed by atoms with van der Waals surface area (Å²) in [6, 6.07) is 7.61. The van der Waals surface area contributed by atoms with Crippen LogP contribution >= 0.6 is 0 Å². The number of aromatic nitrogens is 3. The quantitative estimate of drug-likeness (QED) is 0.717. The monoisotopic (exact) mass is 391 g/mol. The van der Waals surface area contributed by atoms with Crippen molar-refractivity contribution in [1.82, 2.24) is 20.3 Å². The summed E-state index contributed by atoms with van der Waals surface area (Å²) in [5, 5.41) is 11.9. The number of carbonyl (C=O) groups excluding carboxylic acids is 1. The molecule has 0 aliphatic rings. The molecule has 2 aromatic heterocycles. The van der Waals surface area contributed by atoms with E-state index < -0.39 is 11.7 Å². The molecule has 3 rings (SSSR count). The standard InChI is InChI=1S/C21H18FN5O2/c1-12-6-13(2)27-21(29-3)17(12)11-26-20(28)15-7-14(8-16(22)9-15)19-18(10-23)24-4-5-25-19/h4-9H,11H2,1-3H3,(H,26,28). The molecule has 0 saturated heterocycles. The molecule has 8 heteroatoms. The molecule has 29 heavy (non-hydrogen) atoms. The van der Waals surface area contributed by atoms with E-state index in [2.05, 4.69) is 20.3 Å². The normalized spacial score (nSPS) is 10.3. The summed E-state index contributed by atoms with van der Waals surface area (Å²) in [4.78, 5) is 25.0. The number of nitriles is 1. The van der Waals surface area contributed by atoms with Crippen LogP contribution in [0, 0.1) is 31.0 Å². The Hall–Kier alpha value is -3.86. The van der Waals surface area contributed by atoms with E-state index >= 15 is 0 Å². The number of ether oxygens (including phenoxy) is 1. The van der Waals surface area contributed by atoms with Crippen LogP contribution in [0.1, 0.15) is 32.9 Å². The van der Waals surface area contributed by atoms with Gasteiger partial charge in [0.25, 0.3) is 5.91 Å². The van der Waals surface area contributed by atoms with Crippen molar-refractivity contribution in [1.29, 1.82) is 5.26 Å². The average molecular weight is 391 g/mol. The molecule has 0 unspecified atom stereocenters. The zero-order chi connectivity index (χ0) is 21.0. The molecule has 2 heterocycles. The van der Waals surface area contributed by atoms with Crippen LogP contribution in [0.25, 0.3) is 11.3 Å². The molecule has 1 N–H and O–H groups in total. The van der Waals surface area contributed by atoms with Gasteiger partial charge in [0, 0.05) is 41.3 Å². The van der Waals surface area contributed by atoms with Gasteiger partial charge in [-0.3, -0.25) is 9.78 Å². The second kappa shape index (κ2) is 8.44. The fourth-order valence-corrected chi connectivity index (χ4v) is 2.97. The zero-order valence-electron chi connectivity index (χ0n) is 16.2. The smallest absolute Gasteiger partial charge is 0.251 e. The van der Waals surface area contributed by atoms with E-state index in [0.29, 0.717) is 11.4 Å². The summed E-state index contributed by atoms with van der Waals surface area (Å²) in [6.45, 7) is 3.92. The van der Waals surface area contributed by atoms with Crippen molar-refractivity contribution in [2.45, 2.75) is 20.4 Å². The molecule has 7 nitrogen and oxygen atoms in total. The number of benzene rings is 1. The molecular weight excluding hydrogens is 373 g/mol. The molecule has 1 amide bonds. The Kier molecular flexibility index (Phi) is 5.79. The Bertz CT molecular complexity index is 1120. The average Bonchev–Trinajstić information content (AvgIpc) is 2.71. The molecule has 0 bridgehead atoms. The Morgan fingerprint density at radius 3 is 2.69 bits per heavy atom. The highest BCUT2D eigenvalue weighted by Gasteiger charge is 2.15. The van der Waals surface area contributed by atoms with Gasteiger partial charge < -0.3 is 10.1 Å². The van der Waals surface area contributed by atoms with Crippen LogP contribution in [0.2, 0.25) is 0 Å². The summed E-state index contributed by atoms with van der Waals surface area (Å²) in [7, 11) is 1.51. The molecule has 0 fully saturated rings. The van der Waals surface area contributed by atoms with Gasteiger partial charge in [0.2, 0.25) is 5.88 Å². The van der Waals surface area contributed by atoms with Gasteiger partial charge in [0.1, 0.15) is 17.6 Å². The lowest BCUT2D eigenvalue weighted by Gasteiger charge is -2.13. The molecule has 0 spiro atoms. The van der Waals surface area contributed by atoms with Gasteiger partial charge in [-0.1, -0.05) is 0 Å². The van der Waals surface area contributed by atoms with Crippen LogP contribution in [0.4, 0.5) is 4.39 Å². The lowest BCUT2D eigenvalue weighted by Crippen LogP contribution is -2.24. The molecule has 0 atom stereocenters. The van der Waals surface area contributed by atoms with Crippen molar-refractivity contribution in [3.63, 3.8) is 0 Å². The van der Waals surface area contributed by atoms with Crippen LogP contribution < -0.4 is 10.1 Å². The van der Waals surface area contributed by atoms with Crippen molar-refractivity contribution in [2.75, 3.05) is 7.11 Å². The van der Waals surface area contributed by atoms with E-state index in [9.17, 15) is 14.4 Å². The summed E-state index contributed by atoms with van der Waals surface area (Å²) in [5.74, 6) is -0.663. The van der Waals surface area contributed by atoms with Crippen molar-refractivity contribution < 1.29 is 13.9 Å². The van der Waals surface area contributed by atoms with Crippen LogP contribution in [0.3, 0.4) is 0 Å². The summed E-state index contributed by atoms with van der Waals surface area (Å²) in [5.41, 5.74) is 3.13. The number of halogens is 1. The van der Waals surface area contributed by atoms with E-state index in [0.717, 1.165) is 22.9 Å². The number of amides is 1. The van der Waals surface area contributed by atoms with Crippen molar-refractivity contribution in [2.24, 2.45) is 0 Å². The molecule has 3 aromatic rings. The van der Waals surface area contributed by atoms with Crippen molar-refractivity contribution >= 4 is 5.91 Å². The number of aryl methyl sites for hydroxylation is 2. The van der Waals surface area contributed by atoms with E-state index in [1.807, 2.05) is 26.0 Å². The van der Waals surface area contributed by atoms with Crippen molar-refractivity contribution in [3.8, 4) is 23.2 Å². The fraction of sp³-hybridized carbons (Fsp3) is 0.190. The van der Waals surface area contributed by atoms with Crippen LogP contribution in [0.15, 0.2) is 36.7 Å². The minimum atomic E-state index is -0.618. The highest BCUT2D eigenvalue weighted by molar-refractivity contribution is 5.95. The van der Waals surface area contributed by atoms with Gasteiger partial charge in [0.05, 0.1) is 7.11 Å². The number of rotatable bonds is 5. The second-order valence-corrected chi connectivity index (χ2v) is 6.34. The molecular formula is C21H18FN5O2. The number of hydrogen-bond donors (Lipinski definition) is 1. The Morgan fingerprint density at radius 1 is 1.21 bits per heavy atom.